The van der Waals surface area contributed by atoms with Gasteiger partial charge in [0.2, 0.25) is 10.0 Å². The number of sulfonamides is 1. The molecule has 6 heteroatoms. The summed E-state index contributed by atoms with van der Waals surface area (Å²) in [5.74, 6) is 1.50. The molecule has 1 aromatic heterocycles. The quantitative estimate of drug-likeness (QED) is 0.814. The van der Waals surface area contributed by atoms with Crippen LogP contribution in [0.2, 0.25) is 0 Å². The molecule has 2 aromatic rings. The van der Waals surface area contributed by atoms with Gasteiger partial charge in [-0.15, -0.1) is 0 Å². The number of rotatable bonds is 4. The van der Waals surface area contributed by atoms with E-state index in [9.17, 15) is 8.42 Å². The second-order valence-electron chi connectivity index (χ2n) is 5.31. The fourth-order valence-corrected chi connectivity index (χ4v) is 3.96. The van der Waals surface area contributed by atoms with E-state index in [4.69, 9.17) is 4.42 Å². The van der Waals surface area contributed by atoms with Crippen molar-refractivity contribution in [3.63, 3.8) is 0 Å². The molecule has 0 amide bonds. The number of hydrogen-bond donors (Lipinski definition) is 0. The Hall–Kier alpha value is -1.92. The summed E-state index contributed by atoms with van der Waals surface area (Å²) in [6, 6.07) is 10.3. The van der Waals surface area contributed by atoms with E-state index in [0.717, 1.165) is 18.6 Å². The lowest BCUT2D eigenvalue weighted by atomic mass is 10.3. The third-order valence-corrected chi connectivity index (χ3v) is 5.55. The van der Waals surface area contributed by atoms with E-state index in [1.165, 1.54) is 4.31 Å². The average molecular weight is 318 g/mol. The smallest absolute Gasteiger partial charge is 0.243 e. The van der Waals surface area contributed by atoms with Gasteiger partial charge in [0.25, 0.3) is 0 Å². The molecule has 0 radical (unpaired) electrons. The monoisotopic (exact) mass is 318 g/mol. The zero-order valence-corrected chi connectivity index (χ0v) is 13.2. The normalized spacial score (nSPS) is 16.6. The SMILES string of the molecule is Cc1ccc(C=Nc2ccc(S(=O)(=O)N3CCCC3)cc2)o1. The first-order valence-corrected chi connectivity index (χ1v) is 8.70. The topological polar surface area (TPSA) is 62.9 Å². The van der Waals surface area contributed by atoms with Crippen LogP contribution in [0.1, 0.15) is 24.4 Å². The Morgan fingerprint density at radius 1 is 1.09 bits per heavy atom. The third kappa shape index (κ3) is 3.13. The molecule has 1 aromatic carbocycles. The number of benzene rings is 1. The highest BCUT2D eigenvalue weighted by atomic mass is 32.2. The van der Waals surface area contributed by atoms with Crippen molar-refractivity contribution in [2.75, 3.05) is 13.1 Å². The molecule has 22 heavy (non-hydrogen) atoms. The van der Waals surface area contributed by atoms with Gasteiger partial charge in [0.1, 0.15) is 11.5 Å². The van der Waals surface area contributed by atoms with E-state index < -0.39 is 10.0 Å². The van der Waals surface area contributed by atoms with E-state index in [1.54, 1.807) is 30.5 Å². The van der Waals surface area contributed by atoms with Gasteiger partial charge >= 0.3 is 0 Å². The fourth-order valence-electron chi connectivity index (χ4n) is 2.44. The van der Waals surface area contributed by atoms with Gasteiger partial charge in [-0.1, -0.05) is 0 Å². The van der Waals surface area contributed by atoms with Gasteiger partial charge < -0.3 is 4.42 Å². The van der Waals surface area contributed by atoms with Crippen molar-refractivity contribution in [2.24, 2.45) is 4.99 Å². The standard InChI is InChI=1S/C16H18N2O3S/c1-13-4-7-15(21-13)12-17-14-5-8-16(9-6-14)22(19,20)18-10-2-3-11-18/h4-9,12H,2-3,10-11H2,1H3. The van der Waals surface area contributed by atoms with Crippen LogP contribution in [0.15, 0.2) is 50.7 Å². The lowest BCUT2D eigenvalue weighted by Gasteiger charge is -2.15. The predicted octanol–water partition coefficient (Wildman–Crippen LogP) is 3.12. The predicted molar refractivity (Wildman–Crippen MR) is 85.1 cm³/mol. The lowest BCUT2D eigenvalue weighted by Crippen LogP contribution is -2.27. The number of furan rings is 1. The van der Waals surface area contributed by atoms with Crippen LogP contribution in [-0.2, 0) is 10.0 Å². The molecule has 3 rings (SSSR count). The van der Waals surface area contributed by atoms with Gasteiger partial charge in [0, 0.05) is 13.1 Å². The van der Waals surface area contributed by atoms with Gasteiger partial charge in [-0.05, 0) is 56.2 Å². The molecule has 0 unspecified atom stereocenters. The van der Waals surface area contributed by atoms with E-state index in [1.807, 2.05) is 19.1 Å². The summed E-state index contributed by atoms with van der Waals surface area (Å²) in [6.07, 6.45) is 3.49. The number of aliphatic imine (C=N–C) groups is 1. The first kappa shape index (κ1) is 15.0. The summed E-state index contributed by atoms with van der Waals surface area (Å²) in [6.45, 7) is 3.09. The molecule has 0 N–H and O–H groups in total. The Kier molecular flexibility index (Phi) is 4.13. The zero-order valence-electron chi connectivity index (χ0n) is 12.4. The molecular formula is C16H18N2O3S. The number of nitrogens with zero attached hydrogens (tertiary/aromatic N) is 2. The van der Waals surface area contributed by atoms with Crippen LogP contribution >= 0.6 is 0 Å². The molecule has 0 saturated carbocycles. The van der Waals surface area contributed by atoms with Crippen LogP contribution in [0.25, 0.3) is 0 Å². The summed E-state index contributed by atoms with van der Waals surface area (Å²) in [7, 11) is -3.36. The first-order chi connectivity index (χ1) is 10.6. The molecule has 1 saturated heterocycles. The Labute approximate surface area is 130 Å². The van der Waals surface area contributed by atoms with Crippen molar-refractivity contribution in [2.45, 2.75) is 24.7 Å². The van der Waals surface area contributed by atoms with Crippen LogP contribution in [0.3, 0.4) is 0 Å². The molecule has 1 aliphatic heterocycles. The maximum atomic E-state index is 12.4. The van der Waals surface area contributed by atoms with E-state index in [-0.39, 0.29) is 0 Å². The Morgan fingerprint density at radius 3 is 2.36 bits per heavy atom. The first-order valence-electron chi connectivity index (χ1n) is 7.26. The molecule has 0 aliphatic carbocycles. The third-order valence-electron chi connectivity index (χ3n) is 3.64. The van der Waals surface area contributed by atoms with Crippen molar-refractivity contribution in [1.82, 2.24) is 4.31 Å². The number of aryl methyl sites for hydroxylation is 1. The zero-order chi connectivity index (χ0) is 15.6. The molecule has 0 spiro atoms. The van der Waals surface area contributed by atoms with E-state index >= 15 is 0 Å². The van der Waals surface area contributed by atoms with Gasteiger partial charge in [-0.3, -0.25) is 4.99 Å². The van der Waals surface area contributed by atoms with Crippen LogP contribution in [-0.4, -0.2) is 32.0 Å². The molecule has 116 valence electrons. The summed E-state index contributed by atoms with van der Waals surface area (Å²) < 4.78 is 31.7. The van der Waals surface area contributed by atoms with Gasteiger partial charge in [0.15, 0.2) is 0 Å². The summed E-state index contributed by atoms with van der Waals surface area (Å²) in [5, 5.41) is 0. The summed E-state index contributed by atoms with van der Waals surface area (Å²) in [5.41, 5.74) is 0.689. The highest BCUT2D eigenvalue weighted by Crippen LogP contribution is 2.23. The molecule has 0 atom stereocenters. The van der Waals surface area contributed by atoms with Crippen molar-refractivity contribution >= 4 is 21.9 Å². The van der Waals surface area contributed by atoms with Crippen molar-refractivity contribution in [3.8, 4) is 0 Å². The van der Waals surface area contributed by atoms with Crippen LogP contribution in [0, 0.1) is 6.92 Å². The largest absolute Gasteiger partial charge is 0.460 e. The summed E-state index contributed by atoms with van der Waals surface area (Å²) >= 11 is 0. The Bertz CT molecular complexity index is 770. The minimum atomic E-state index is -3.36. The summed E-state index contributed by atoms with van der Waals surface area (Å²) in [4.78, 5) is 4.60. The number of hydrogen-bond acceptors (Lipinski definition) is 4. The minimum absolute atomic E-state index is 0.321. The van der Waals surface area contributed by atoms with Crippen LogP contribution < -0.4 is 0 Å². The van der Waals surface area contributed by atoms with Crippen molar-refractivity contribution < 1.29 is 12.8 Å². The molecule has 1 fully saturated rings. The maximum absolute atomic E-state index is 12.4. The molecule has 2 heterocycles. The lowest BCUT2D eigenvalue weighted by molar-refractivity contribution is 0.477. The van der Waals surface area contributed by atoms with Gasteiger partial charge in [0.05, 0.1) is 16.8 Å². The average Bonchev–Trinajstić information content (AvgIpc) is 3.17. The van der Waals surface area contributed by atoms with Crippen molar-refractivity contribution in [1.29, 1.82) is 0 Å². The van der Waals surface area contributed by atoms with Gasteiger partial charge in [-0.2, -0.15) is 4.31 Å². The highest BCUT2D eigenvalue weighted by Gasteiger charge is 2.26. The van der Waals surface area contributed by atoms with Crippen LogP contribution in [0.4, 0.5) is 5.69 Å². The second-order valence-corrected chi connectivity index (χ2v) is 7.25. The second kappa shape index (κ2) is 6.06. The molecule has 1 aliphatic rings. The van der Waals surface area contributed by atoms with E-state index in [0.29, 0.717) is 29.4 Å². The fraction of sp³-hybridized carbons (Fsp3) is 0.312. The molecule has 0 bridgehead atoms. The molecule has 5 nitrogen and oxygen atoms in total. The Morgan fingerprint density at radius 2 is 1.77 bits per heavy atom. The van der Waals surface area contributed by atoms with E-state index in [2.05, 4.69) is 4.99 Å². The maximum Gasteiger partial charge on any atom is 0.243 e. The Balaban J connectivity index is 1.76. The minimum Gasteiger partial charge on any atom is -0.460 e. The van der Waals surface area contributed by atoms with Crippen molar-refractivity contribution in [3.05, 3.63) is 47.9 Å². The molecular weight excluding hydrogens is 300 g/mol. The van der Waals surface area contributed by atoms with Crippen LogP contribution in [0.5, 0.6) is 0 Å². The highest BCUT2D eigenvalue weighted by molar-refractivity contribution is 7.89. The van der Waals surface area contributed by atoms with Gasteiger partial charge in [-0.25, -0.2) is 8.42 Å².